The Labute approximate surface area is 181 Å². The first-order chi connectivity index (χ1) is 15.0. The van der Waals surface area contributed by atoms with Crippen LogP contribution >= 0.6 is 0 Å². The number of rotatable bonds is 8. The van der Waals surface area contributed by atoms with Crippen LogP contribution < -0.4 is 5.32 Å². The summed E-state index contributed by atoms with van der Waals surface area (Å²) < 4.78 is 26.7. The number of hydrogen-bond donors (Lipinski definition) is 1. The number of benzene rings is 3. The second-order valence-electron chi connectivity index (χ2n) is 7.17. The van der Waals surface area contributed by atoms with Crippen molar-refractivity contribution < 1.29 is 13.2 Å². The summed E-state index contributed by atoms with van der Waals surface area (Å²) in [5.74, 6) is 0.458. The molecule has 158 valence electrons. The molecule has 0 spiro atoms. The number of fused-ring (bicyclic) bond motifs is 1. The number of nitrogens with zero attached hydrogens (tertiary/aromatic N) is 2. The minimum absolute atomic E-state index is 0.0746. The first-order valence-corrected chi connectivity index (χ1v) is 11.8. The van der Waals surface area contributed by atoms with E-state index < -0.39 is 9.84 Å². The Balaban J connectivity index is 1.41. The molecular weight excluding hydrogens is 410 g/mol. The zero-order valence-electron chi connectivity index (χ0n) is 16.9. The number of sulfone groups is 1. The van der Waals surface area contributed by atoms with E-state index in [1.807, 2.05) is 54.6 Å². The van der Waals surface area contributed by atoms with Gasteiger partial charge in [0.2, 0.25) is 5.91 Å². The SMILES string of the molecule is O=C(CCc1nc2ccccc2n1-c1ccccc1)NCCS(=O)(=O)c1ccccc1. The molecule has 1 heterocycles. The number of imidazole rings is 1. The molecule has 6 nitrogen and oxygen atoms in total. The molecule has 0 bridgehead atoms. The summed E-state index contributed by atoms with van der Waals surface area (Å²) in [6, 6.07) is 26.0. The first kappa shape index (κ1) is 20.8. The maximum absolute atomic E-state index is 12.4. The van der Waals surface area contributed by atoms with Crippen LogP contribution in [0.4, 0.5) is 0 Å². The summed E-state index contributed by atoms with van der Waals surface area (Å²) in [4.78, 5) is 17.3. The standard InChI is InChI=1S/C24H23N3O3S/c28-24(25-17-18-31(29,30)20-11-5-2-6-12-20)16-15-23-26-21-13-7-8-14-22(21)27(23)19-9-3-1-4-10-19/h1-14H,15-18H2,(H,25,28). The van der Waals surface area contributed by atoms with Crippen LogP contribution in [0.3, 0.4) is 0 Å². The van der Waals surface area contributed by atoms with Gasteiger partial charge in [0.1, 0.15) is 5.82 Å². The fraction of sp³-hybridized carbons (Fsp3) is 0.167. The van der Waals surface area contributed by atoms with E-state index >= 15 is 0 Å². The van der Waals surface area contributed by atoms with Crippen LogP contribution in [0, 0.1) is 0 Å². The predicted octanol–water partition coefficient (Wildman–Crippen LogP) is 3.55. The molecule has 1 N–H and O–H groups in total. The normalized spacial score (nSPS) is 11.5. The molecule has 0 radical (unpaired) electrons. The lowest BCUT2D eigenvalue weighted by Crippen LogP contribution is -2.29. The number of amides is 1. The Morgan fingerprint density at radius 3 is 2.26 bits per heavy atom. The van der Waals surface area contributed by atoms with Crippen molar-refractivity contribution in [3.63, 3.8) is 0 Å². The monoisotopic (exact) mass is 433 g/mol. The summed E-state index contributed by atoms with van der Waals surface area (Å²) in [7, 11) is -3.41. The van der Waals surface area contributed by atoms with Gasteiger partial charge in [0.05, 0.1) is 21.7 Å². The third-order valence-electron chi connectivity index (χ3n) is 5.02. The van der Waals surface area contributed by atoms with Gasteiger partial charge < -0.3 is 5.32 Å². The molecule has 0 fully saturated rings. The molecular formula is C24H23N3O3S. The van der Waals surface area contributed by atoms with Crippen LogP contribution in [-0.2, 0) is 21.1 Å². The number of para-hydroxylation sites is 3. The van der Waals surface area contributed by atoms with Crippen LogP contribution in [-0.4, -0.2) is 36.2 Å². The Morgan fingerprint density at radius 1 is 0.871 bits per heavy atom. The molecule has 1 aromatic heterocycles. The molecule has 4 rings (SSSR count). The highest BCUT2D eigenvalue weighted by Crippen LogP contribution is 2.22. The van der Waals surface area contributed by atoms with Gasteiger partial charge in [-0.2, -0.15) is 0 Å². The van der Waals surface area contributed by atoms with Crippen molar-refractivity contribution in [2.75, 3.05) is 12.3 Å². The van der Waals surface area contributed by atoms with Crippen molar-refractivity contribution in [3.8, 4) is 5.69 Å². The fourth-order valence-corrected chi connectivity index (χ4v) is 4.67. The van der Waals surface area contributed by atoms with E-state index in [2.05, 4.69) is 9.88 Å². The molecule has 0 aliphatic heterocycles. The van der Waals surface area contributed by atoms with Gasteiger partial charge in [-0.1, -0.05) is 48.5 Å². The van der Waals surface area contributed by atoms with Gasteiger partial charge in [0, 0.05) is 25.1 Å². The quantitative estimate of drug-likeness (QED) is 0.461. The first-order valence-electron chi connectivity index (χ1n) is 10.1. The molecule has 0 saturated heterocycles. The van der Waals surface area contributed by atoms with Gasteiger partial charge in [-0.05, 0) is 36.4 Å². The molecule has 3 aromatic carbocycles. The predicted molar refractivity (Wildman–Crippen MR) is 121 cm³/mol. The lowest BCUT2D eigenvalue weighted by atomic mass is 10.2. The Morgan fingerprint density at radius 2 is 1.52 bits per heavy atom. The van der Waals surface area contributed by atoms with E-state index in [1.54, 1.807) is 30.3 Å². The number of aryl methyl sites for hydroxylation is 1. The summed E-state index contributed by atoms with van der Waals surface area (Å²) in [6.07, 6.45) is 0.669. The smallest absolute Gasteiger partial charge is 0.220 e. The average molecular weight is 434 g/mol. The van der Waals surface area contributed by atoms with Gasteiger partial charge in [0.15, 0.2) is 9.84 Å². The van der Waals surface area contributed by atoms with Crippen molar-refractivity contribution >= 4 is 26.8 Å². The molecule has 0 unspecified atom stereocenters. The summed E-state index contributed by atoms with van der Waals surface area (Å²) in [5, 5.41) is 2.72. The van der Waals surface area contributed by atoms with Gasteiger partial charge in [-0.25, -0.2) is 13.4 Å². The van der Waals surface area contributed by atoms with Crippen molar-refractivity contribution in [1.29, 1.82) is 0 Å². The van der Waals surface area contributed by atoms with E-state index in [0.717, 1.165) is 22.5 Å². The number of nitrogens with one attached hydrogen (secondary N) is 1. The molecule has 7 heteroatoms. The summed E-state index contributed by atoms with van der Waals surface area (Å²) in [5.41, 5.74) is 2.84. The highest BCUT2D eigenvalue weighted by atomic mass is 32.2. The molecule has 1 amide bonds. The van der Waals surface area contributed by atoms with Crippen molar-refractivity contribution in [1.82, 2.24) is 14.9 Å². The average Bonchev–Trinajstić information content (AvgIpc) is 3.17. The van der Waals surface area contributed by atoms with Crippen molar-refractivity contribution in [2.24, 2.45) is 0 Å². The van der Waals surface area contributed by atoms with Crippen LogP contribution in [0.1, 0.15) is 12.2 Å². The summed E-state index contributed by atoms with van der Waals surface area (Å²) >= 11 is 0. The Hall–Kier alpha value is -3.45. The molecule has 0 saturated carbocycles. The van der Waals surface area contributed by atoms with E-state index in [-0.39, 0.29) is 29.5 Å². The highest BCUT2D eigenvalue weighted by molar-refractivity contribution is 7.91. The molecule has 0 atom stereocenters. The highest BCUT2D eigenvalue weighted by Gasteiger charge is 2.16. The molecule has 4 aromatic rings. The van der Waals surface area contributed by atoms with Crippen LogP contribution in [0.2, 0.25) is 0 Å². The number of carbonyl (C=O) groups excluding carboxylic acids is 1. The van der Waals surface area contributed by atoms with Crippen LogP contribution in [0.25, 0.3) is 16.7 Å². The van der Waals surface area contributed by atoms with Gasteiger partial charge >= 0.3 is 0 Å². The van der Waals surface area contributed by atoms with E-state index in [9.17, 15) is 13.2 Å². The van der Waals surface area contributed by atoms with Gasteiger partial charge in [-0.3, -0.25) is 9.36 Å². The third-order valence-corrected chi connectivity index (χ3v) is 6.75. The fourth-order valence-electron chi connectivity index (χ4n) is 3.49. The number of hydrogen-bond acceptors (Lipinski definition) is 4. The van der Waals surface area contributed by atoms with Crippen LogP contribution in [0.15, 0.2) is 89.8 Å². The third kappa shape index (κ3) is 4.83. The lowest BCUT2D eigenvalue weighted by Gasteiger charge is -2.10. The van der Waals surface area contributed by atoms with E-state index in [1.165, 1.54) is 0 Å². The van der Waals surface area contributed by atoms with Gasteiger partial charge in [-0.15, -0.1) is 0 Å². The second-order valence-corrected chi connectivity index (χ2v) is 9.28. The number of carbonyl (C=O) groups is 1. The molecule has 0 aliphatic carbocycles. The maximum Gasteiger partial charge on any atom is 0.220 e. The zero-order valence-corrected chi connectivity index (χ0v) is 17.8. The Bertz CT molecular complexity index is 1280. The van der Waals surface area contributed by atoms with Crippen molar-refractivity contribution in [3.05, 3.63) is 90.8 Å². The van der Waals surface area contributed by atoms with Crippen molar-refractivity contribution in [2.45, 2.75) is 17.7 Å². The molecule has 0 aliphatic rings. The second kappa shape index (κ2) is 9.14. The maximum atomic E-state index is 12.4. The summed E-state index contributed by atoms with van der Waals surface area (Å²) in [6.45, 7) is 0.0746. The van der Waals surface area contributed by atoms with Gasteiger partial charge in [0.25, 0.3) is 0 Å². The lowest BCUT2D eigenvalue weighted by molar-refractivity contribution is -0.120. The minimum Gasteiger partial charge on any atom is -0.355 e. The number of aromatic nitrogens is 2. The largest absolute Gasteiger partial charge is 0.355 e. The van der Waals surface area contributed by atoms with Crippen LogP contribution in [0.5, 0.6) is 0 Å². The van der Waals surface area contributed by atoms with E-state index in [0.29, 0.717) is 6.42 Å². The Kier molecular flexibility index (Phi) is 6.13. The molecule has 31 heavy (non-hydrogen) atoms. The van der Waals surface area contributed by atoms with E-state index in [4.69, 9.17) is 4.98 Å². The topological polar surface area (TPSA) is 81.1 Å². The zero-order chi connectivity index (χ0) is 21.7. The minimum atomic E-state index is -3.41.